The van der Waals surface area contributed by atoms with E-state index in [1.54, 1.807) is 0 Å². The van der Waals surface area contributed by atoms with Crippen LogP contribution in [0.2, 0.25) is 0 Å². The third-order valence-corrected chi connectivity index (χ3v) is 5.67. The molecule has 0 bridgehead atoms. The summed E-state index contributed by atoms with van der Waals surface area (Å²) in [5, 5.41) is 3.72. The number of thioether (sulfide) groups is 1. The minimum atomic E-state index is 0.0945. The minimum absolute atomic E-state index is 0.0945. The summed E-state index contributed by atoms with van der Waals surface area (Å²) < 4.78 is 0. The monoisotopic (exact) mass is 305 g/mol. The molecule has 116 valence electrons. The second-order valence-electron chi connectivity index (χ2n) is 6.36. The van der Waals surface area contributed by atoms with Crippen molar-refractivity contribution in [3.8, 4) is 0 Å². The summed E-state index contributed by atoms with van der Waals surface area (Å²) in [6.07, 6.45) is 0. The molecule has 2 aliphatic rings. The Labute approximate surface area is 133 Å². The van der Waals surface area contributed by atoms with E-state index in [-0.39, 0.29) is 5.54 Å². The average Bonchev–Trinajstić information content (AvgIpc) is 2.55. The standard InChI is InChI=1S/C17H27N3S/c1-17(16-5-3-2-4-6-16)15-20(8-7-18-17)10-9-19-11-13-21-14-12-19/h2-6,18H,7-15H2,1H3. The first kappa shape index (κ1) is 15.3. The zero-order chi connectivity index (χ0) is 14.5. The Morgan fingerprint density at radius 3 is 2.52 bits per heavy atom. The van der Waals surface area contributed by atoms with Crippen molar-refractivity contribution in [2.75, 3.05) is 57.3 Å². The van der Waals surface area contributed by atoms with Gasteiger partial charge in [0.25, 0.3) is 0 Å². The first-order valence-corrected chi connectivity index (χ1v) is 9.25. The van der Waals surface area contributed by atoms with Crippen LogP contribution in [0.1, 0.15) is 12.5 Å². The van der Waals surface area contributed by atoms with Gasteiger partial charge in [-0.2, -0.15) is 11.8 Å². The fraction of sp³-hybridized carbons (Fsp3) is 0.647. The van der Waals surface area contributed by atoms with Crippen molar-refractivity contribution >= 4 is 11.8 Å². The van der Waals surface area contributed by atoms with Crippen LogP contribution in [-0.4, -0.2) is 67.1 Å². The number of nitrogens with zero attached hydrogens (tertiary/aromatic N) is 2. The third kappa shape index (κ3) is 4.01. The molecule has 0 spiro atoms. The maximum absolute atomic E-state index is 3.72. The van der Waals surface area contributed by atoms with Crippen molar-refractivity contribution in [1.29, 1.82) is 0 Å². The molecule has 2 heterocycles. The highest BCUT2D eigenvalue weighted by Gasteiger charge is 2.31. The molecule has 1 unspecified atom stereocenters. The van der Waals surface area contributed by atoms with Crippen molar-refractivity contribution in [1.82, 2.24) is 15.1 Å². The Bertz CT molecular complexity index is 433. The van der Waals surface area contributed by atoms with Crippen LogP contribution in [-0.2, 0) is 5.54 Å². The molecule has 0 saturated carbocycles. The van der Waals surface area contributed by atoms with Gasteiger partial charge in [0, 0.05) is 57.3 Å². The van der Waals surface area contributed by atoms with Crippen LogP contribution < -0.4 is 5.32 Å². The topological polar surface area (TPSA) is 18.5 Å². The fourth-order valence-electron chi connectivity index (χ4n) is 3.37. The van der Waals surface area contributed by atoms with Gasteiger partial charge in [0.05, 0.1) is 5.54 Å². The van der Waals surface area contributed by atoms with Crippen LogP contribution in [0.3, 0.4) is 0 Å². The van der Waals surface area contributed by atoms with Crippen LogP contribution in [0.5, 0.6) is 0 Å². The van der Waals surface area contributed by atoms with Gasteiger partial charge in [0.1, 0.15) is 0 Å². The number of rotatable bonds is 4. The predicted octanol–water partition coefficient (Wildman–Crippen LogP) is 1.86. The van der Waals surface area contributed by atoms with Gasteiger partial charge in [0.2, 0.25) is 0 Å². The van der Waals surface area contributed by atoms with E-state index in [0.717, 1.165) is 13.1 Å². The SMILES string of the molecule is CC1(c2ccccc2)CN(CCN2CCSCC2)CCN1. The van der Waals surface area contributed by atoms with E-state index in [4.69, 9.17) is 0 Å². The van der Waals surface area contributed by atoms with Crippen molar-refractivity contribution in [3.05, 3.63) is 35.9 Å². The number of hydrogen-bond donors (Lipinski definition) is 1. The molecule has 3 rings (SSSR count). The molecule has 1 atom stereocenters. The fourth-order valence-corrected chi connectivity index (χ4v) is 4.35. The molecular formula is C17H27N3S. The molecule has 2 aliphatic heterocycles. The molecule has 2 saturated heterocycles. The molecule has 1 N–H and O–H groups in total. The van der Waals surface area contributed by atoms with Crippen LogP contribution in [0.15, 0.2) is 30.3 Å². The largest absolute Gasteiger partial charge is 0.305 e. The normalized spacial score (nSPS) is 28.6. The molecule has 3 nitrogen and oxygen atoms in total. The minimum Gasteiger partial charge on any atom is -0.305 e. The van der Waals surface area contributed by atoms with E-state index in [9.17, 15) is 0 Å². The second-order valence-corrected chi connectivity index (χ2v) is 7.58. The van der Waals surface area contributed by atoms with Gasteiger partial charge >= 0.3 is 0 Å². The zero-order valence-corrected chi connectivity index (χ0v) is 13.9. The van der Waals surface area contributed by atoms with E-state index in [1.165, 1.54) is 49.8 Å². The highest BCUT2D eigenvalue weighted by molar-refractivity contribution is 7.99. The lowest BCUT2D eigenvalue weighted by molar-refractivity contribution is 0.127. The lowest BCUT2D eigenvalue weighted by Crippen LogP contribution is -2.57. The van der Waals surface area contributed by atoms with E-state index in [0.29, 0.717) is 0 Å². The molecule has 0 radical (unpaired) electrons. The summed E-state index contributed by atoms with van der Waals surface area (Å²) >= 11 is 2.09. The number of piperazine rings is 1. The quantitative estimate of drug-likeness (QED) is 0.915. The molecule has 0 amide bonds. The van der Waals surface area contributed by atoms with Gasteiger partial charge < -0.3 is 10.2 Å². The molecule has 2 fully saturated rings. The van der Waals surface area contributed by atoms with Crippen molar-refractivity contribution in [3.63, 3.8) is 0 Å². The maximum Gasteiger partial charge on any atom is 0.0535 e. The zero-order valence-electron chi connectivity index (χ0n) is 13.1. The first-order valence-electron chi connectivity index (χ1n) is 8.09. The number of nitrogens with one attached hydrogen (secondary N) is 1. The van der Waals surface area contributed by atoms with E-state index in [1.807, 2.05) is 0 Å². The molecule has 0 aliphatic carbocycles. The van der Waals surface area contributed by atoms with Gasteiger partial charge in [-0.1, -0.05) is 30.3 Å². The predicted molar refractivity (Wildman–Crippen MR) is 92.0 cm³/mol. The van der Waals surface area contributed by atoms with Crippen LogP contribution in [0.25, 0.3) is 0 Å². The lowest BCUT2D eigenvalue weighted by atomic mass is 9.89. The number of benzene rings is 1. The molecule has 21 heavy (non-hydrogen) atoms. The molecular weight excluding hydrogens is 278 g/mol. The van der Waals surface area contributed by atoms with E-state index in [2.05, 4.69) is 64.1 Å². The van der Waals surface area contributed by atoms with Crippen molar-refractivity contribution in [2.45, 2.75) is 12.5 Å². The Hall–Kier alpha value is -0.550. The van der Waals surface area contributed by atoms with E-state index < -0.39 is 0 Å². The maximum atomic E-state index is 3.72. The van der Waals surface area contributed by atoms with Gasteiger partial charge in [-0.05, 0) is 12.5 Å². The molecule has 0 aromatic heterocycles. The van der Waals surface area contributed by atoms with Crippen LogP contribution >= 0.6 is 11.8 Å². The number of hydrogen-bond acceptors (Lipinski definition) is 4. The second kappa shape index (κ2) is 7.14. The Morgan fingerprint density at radius 1 is 1.05 bits per heavy atom. The summed E-state index contributed by atoms with van der Waals surface area (Å²) in [6, 6.07) is 10.9. The first-order chi connectivity index (χ1) is 10.3. The van der Waals surface area contributed by atoms with Crippen LogP contribution in [0.4, 0.5) is 0 Å². The highest BCUT2D eigenvalue weighted by atomic mass is 32.2. The lowest BCUT2D eigenvalue weighted by Gasteiger charge is -2.42. The Morgan fingerprint density at radius 2 is 1.76 bits per heavy atom. The van der Waals surface area contributed by atoms with Crippen LogP contribution in [0, 0.1) is 0 Å². The van der Waals surface area contributed by atoms with Gasteiger partial charge in [-0.15, -0.1) is 0 Å². The Balaban J connectivity index is 1.55. The summed E-state index contributed by atoms with van der Waals surface area (Å²) in [5.74, 6) is 2.62. The van der Waals surface area contributed by atoms with Gasteiger partial charge in [0.15, 0.2) is 0 Å². The van der Waals surface area contributed by atoms with Gasteiger partial charge in [-0.25, -0.2) is 0 Å². The van der Waals surface area contributed by atoms with Crippen molar-refractivity contribution in [2.24, 2.45) is 0 Å². The summed E-state index contributed by atoms with van der Waals surface area (Å²) in [4.78, 5) is 5.25. The van der Waals surface area contributed by atoms with Gasteiger partial charge in [-0.3, -0.25) is 4.90 Å². The highest BCUT2D eigenvalue weighted by Crippen LogP contribution is 2.24. The Kier molecular flexibility index (Phi) is 5.22. The molecule has 1 aromatic rings. The molecule has 4 heteroatoms. The summed E-state index contributed by atoms with van der Waals surface area (Å²) in [7, 11) is 0. The van der Waals surface area contributed by atoms with Crippen molar-refractivity contribution < 1.29 is 0 Å². The third-order valence-electron chi connectivity index (χ3n) is 4.73. The summed E-state index contributed by atoms with van der Waals surface area (Å²) in [5.41, 5.74) is 1.50. The van der Waals surface area contributed by atoms with E-state index >= 15 is 0 Å². The molecule has 1 aromatic carbocycles. The summed E-state index contributed by atoms with van der Waals surface area (Å²) in [6.45, 7) is 10.7. The average molecular weight is 305 g/mol. The smallest absolute Gasteiger partial charge is 0.0535 e.